The minimum atomic E-state index is -0.788. The van der Waals surface area contributed by atoms with Gasteiger partial charge in [-0.1, -0.05) is 32.0 Å². The third-order valence-corrected chi connectivity index (χ3v) is 6.21. The molecule has 1 amide bonds. The molecule has 2 aliphatic rings. The molecule has 0 N–H and O–H groups in total. The van der Waals surface area contributed by atoms with E-state index in [1.54, 1.807) is 36.5 Å². The van der Waals surface area contributed by atoms with E-state index in [1.165, 1.54) is 6.07 Å². The van der Waals surface area contributed by atoms with Crippen molar-refractivity contribution in [2.45, 2.75) is 25.7 Å². The Morgan fingerprint density at radius 1 is 1.14 bits per heavy atom. The van der Waals surface area contributed by atoms with Gasteiger partial charge in [0, 0.05) is 37.9 Å². The van der Waals surface area contributed by atoms with Gasteiger partial charge in [-0.05, 0) is 30.0 Å². The summed E-state index contributed by atoms with van der Waals surface area (Å²) in [5.74, 6) is 0.351. The van der Waals surface area contributed by atoms with Crippen LogP contribution in [-0.4, -0.2) is 42.0 Å². The Bertz CT molecular complexity index is 959. The molecule has 2 heterocycles. The SMILES string of the molecule is CC1(C)C[C@]1(C(=O)N1CCN(c2ncccc2C#N)CC1)c1ccccc1F. The maximum absolute atomic E-state index is 14.5. The van der Waals surface area contributed by atoms with Crippen LogP contribution in [0.5, 0.6) is 0 Å². The second-order valence-electron chi connectivity index (χ2n) is 8.21. The summed E-state index contributed by atoms with van der Waals surface area (Å²) in [4.78, 5) is 21.7. The van der Waals surface area contributed by atoms with Crippen LogP contribution in [0.3, 0.4) is 0 Å². The van der Waals surface area contributed by atoms with Crippen LogP contribution in [0.2, 0.25) is 0 Å². The van der Waals surface area contributed by atoms with E-state index in [4.69, 9.17) is 0 Å². The first kappa shape index (κ1) is 18.4. The number of hydrogen-bond acceptors (Lipinski definition) is 4. The Morgan fingerprint density at radius 3 is 2.43 bits per heavy atom. The smallest absolute Gasteiger partial charge is 0.234 e. The number of pyridine rings is 1. The number of halogens is 1. The standard InChI is InChI=1S/C22H23FN4O/c1-21(2)15-22(21,17-7-3-4-8-18(17)23)20(28)27-12-10-26(11-13-27)19-16(14-24)6-5-9-25-19/h3-9H,10-13,15H2,1-2H3/t22-/m1/s1. The van der Waals surface area contributed by atoms with E-state index in [0.29, 0.717) is 49.5 Å². The molecule has 1 saturated carbocycles. The van der Waals surface area contributed by atoms with Gasteiger partial charge in [-0.25, -0.2) is 9.37 Å². The van der Waals surface area contributed by atoms with E-state index in [1.807, 2.05) is 23.6 Å². The predicted octanol–water partition coefficient (Wildman–Crippen LogP) is 3.11. The molecule has 2 fully saturated rings. The summed E-state index contributed by atoms with van der Waals surface area (Å²) < 4.78 is 14.5. The van der Waals surface area contributed by atoms with E-state index < -0.39 is 5.41 Å². The van der Waals surface area contributed by atoms with E-state index in [0.717, 1.165) is 0 Å². The molecule has 5 nitrogen and oxygen atoms in total. The Morgan fingerprint density at radius 2 is 1.82 bits per heavy atom. The lowest BCUT2D eigenvalue weighted by molar-refractivity contribution is -0.135. The van der Waals surface area contributed by atoms with E-state index in [9.17, 15) is 14.4 Å². The largest absolute Gasteiger partial charge is 0.352 e. The number of carbonyl (C=O) groups is 1. The van der Waals surface area contributed by atoms with Gasteiger partial charge in [0.1, 0.15) is 17.7 Å². The van der Waals surface area contributed by atoms with Crippen LogP contribution in [0.15, 0.2) is 42.6 Å². The fourth-order valence-electron chi connectivity index (χ4n) is 4.49. The molecule has 4 rings (SSSR count). The van der Waals surface area contributed by atoms with E-state index in [2.05, 4.69) is 11.1 Å². The fraction of sp³-hybridized carbons (Fsp3) is 0.409. The molecule has 0 bridgehead atoms. The molecule has 0 unspecified atom stereocenters. The van der Waals surface area contributed by atoms with Crippen molar-refractivity contribution < 1.29 is 9.18 Å². The molecule has 1 aliphatic heterocycles. The van der Waals surface area contributed by atoms with Crippen LogP contribution >= 0.6 is 0 Å². The summed E-state index contributed by atoms with van der Waals surface area (Å²) in [7, 11) is 0. The molecular weight excluding hydrogens is 355 g/mol. The van der Waals surface area contributed by atoms with Crippen molar-refractivity contribution in [2.75, 3.05) is 31.1 Å². The Hall–Kier alpha value is -2.94. The average molecular weight is 378 g/mol. The highest BCUT2D eigenvalue weighted by molar-refractivity contribution is 5.93. The zero-order chi connectivity index (χ0) is 19.9. The lowest BCUT2D eigenvalue weighted by Crippen LogP contribution is -2.52. The number of aromatic nitrogens is 1. The second kappa shape index (κ2) is 6.59. The number of carbonyl (C=O) groups excluding carboxylic acids is 1. The van der Waals surface area contributed by atoms with Gasteiger partial charge < -0.3 is 9.80 Å². The third-order valence-electron chi connectivity index (χ3n) is 6.21. The summed E-state index contributed by atoms with van der Waals surface area (Å²) in [6, 6.07) is 12.3. The number of nitriles is 1. The van der Waals surface area contributed by atoms with Gasteiger partial charge in [0.05, 0.1) is 11.0 Å². The van der Waals surface area contributed by atoms with Crippen molar-refractivity contribution in [3.8, 4) is 6.07 Å². The average Bonchev–Trinajstić information content (AvgIpc) is 3.30. The molecule has 28 heavy (non-hydrogen) atoms. The van der Waals surface area contributed by atoms with Gasteiger partial charge >= 0.3 is 0 Å². The van der Waals surface area contributed by atoms with Gasteiger partial charge in [-0.3, -0.25) is 4.79 Å². The maximum atomic E-state index is 14.5. The number of benzene rings is 1. The second-order valence-corrected chi connectivity index (χ2v) is 8.21. The van der Waals surface area contributed by atoms with Crippen molar-refractivity contribution in [1.82, 2.24) is 9.88 Å². The van der Waals surface area contributed by atoms with Crippen LogP contribution in [0.4, 0.5) is 10.2 Å². The first-order valence-electron chi connectivity index (χ1n) is 9.55. The highest BCUT2D eigenvalue weighted by Crippen LogP contribution is 2.65. The fourth-order valence-corrected chi connectivity index (χ4v) is 4.49. The first-order valence-corrected chi connectivity index (χ1v) is 9.55. The summed E-state index contributed by atoms with van der Waals surface area (Å²) >= 11 is 0. The number of piperazine rings is 1. The minimum Gasteiger partial charge on any atom is -0.352 e. The van der Waals surface area contributed by atoms with Crippen molar-refractivity contribution in [2.24, 2.45) is 5.41 Å². The van der Waals surface area contributed by atoms with Crippen LogP contribution in [-0.2, 0) is 10.2 Å². The predicted molar refractivity (Wildman–Crippen MR) is 104 cm³/mol. The van der Waals surface area contributed by atoms with Crippen molar-refractivity contribution in [3.63, 3.8) is 0 Å². The lowest BCUT2D eigenvalue weighted by atomic mass is 9.86. The molecule has 2 aromatic rings. The first-order chi connectivity index (χ1) is 13.4. The monoisotopic (exact) mass is 378 g/mol. The summed E-state index contributed by atoms with van der Waals surface area (Å²) in [6.07, 6.45) is 2.33. The highest BCUT2D eigenvalue weighted by Gasteiger charge is 2.68. The van der Waals surface area contributed by atoms with Crippen LogP contribution in [0.25, 0.3) is 0 Å². The topological polar surface area (TPSA) is 60.2 Å². The minimum absolute atomic E-state index is 0.00350. The number of nitrogens with zero attached hydrogens (tertiary/aromatic N) is 4. The molecule has 0 radical (unpaired) electrons. The van der Waals surface area contributed by atoms with Gasteiger partial charge in [0.25, 0.3) is 0 Å². The van der Waals surface area contributed by atoms with Crippen molar-refractivity contribution in [1.29, 1.82) is 5.26 Å². The summed E-state index contributed by atoms with van der Waals surface area (Å²) in [5.41, 5.74) is -0.0147. The Balaban J connectivity index is 1.54. The number of anilines is 1. The molecule has 6 heteroatoms. The normalized spacial score (nSPS) is 23.2. The third kappa shape index (κ3) is 2.73. The molecule has 1 aromatic heterocycles. The molecule has 1 aromatic carbocycles. The molecule has 1 saturated heterocycles. The van der Waals surface area contributed by atoms with Crippen molar-refractivity contribution in [3.05, 3.63) is 59.5 Å². The zero-order valence-electron chi connectivity index (χ0n) is 16.2. The van der Waals surface area contributed by atoms with Crippen LogP contribution in [0, 0.1) is 22.6 Å². The van der Waals surface area contributed by atoms with Gasteiger partial charge in [0.15, 0.2) is 0 Å². The molecule has 144 valence electrons. The molecular formula is C22H23FN4O. The molecule has 1 atom stereocenters. The Kier molecular flexibility index (Phi) is 4.34. The van der Waals surface area contributed by atoms with Crippen LogP contribution < -0.4 is 4.90 Å². The van der Waals surface area contributed by atoms with Gasteiger partial charge in [0.2, 0.25) is 5.91 Å². The maximum Gasteiger partial charge on any atom is 0.234 e. The van der Waals surface area contributed by atoms with Crippen LogP contribution in [0.1, 0.15) is 31.4 Å². The van der Waals surface area contributed by atoms with Crippen molar-refractivity contribution >= 4 is 11.7 Å². The number of hydrogen-bond donors (Lipinski definition) is 0. The van der Waals surface area contributed by atoms with Gasteiger partial charge in [-0.2, -0.15) is 5.26 Å². The van der Waals surface area contributed by atoms with Gasteiger partial charge in [-0.15, -0.1) is 0 Å². The molecule has 1 aliphatic carbocycles. The molecule has 0 spiro atoms. The summed E-state index contributed by atoms with van der Waals surface area (Å²) in [5, 5.41) is 9.30. The van der Waals surface area contributed by atoms with E-state index in [-0.39, 0.29) is 17.1 Å². The quantitative estimate of drug-likeness (QED) is 0.823. The van der Waals surface area contributed by atoms with E-state index >= 15 is 0 Å². The Labute approximate surface area is 164 Å². The number of rotatable bonds is 3. The zero-order valence-corrected chi connectivity index (χ0v) is 16.2. The highest BCUT2D eigenvalue weighted by atomic mass is 19.1. The lowest BCUT2D eigenvalue weighted by Gasteiger charge is -2.38. The number of amides is 1. The summed E-state index contributed by atoms with van der Waals surface area (Å²) in [6.45, 7) is 6.33.